The normalized spacial score (nSPS) is 18.1. The molecule has 0 nitrogen and oxygen atoms in total. The fraction of sp³-hybridized carbons (Fsp3) is 0.273. The van der Waals surface area contributed by atoms with Crippen LogP contribution < -0.4 is 0 Å². The summed E-state index contributed by atoms with van der Waals surface area (Å²) in [6.07, 6.45) is 16.0. The van der Waals surface area contributed by atoms with Crippen molar-refractivity contribution in [2.45, 2.75) is 73.7 Å². The summed E-state index contributed by atoms with van der Waals surface area (Å²) in [4.78, 5) is 0. The molecule has 0 saturated heterocycles. The van der Waals surface area contributed by atoms with Gasteiger partial charge < -0.3 is 0 Å². The van der Waals surface area contributed by atoms with Gasteiger partial charge in [-0.3, -0.25) is 0 Å². The van der Waals surface area contributed by atoms with E-state index in [0.29, 0.717) is 7.25 Å². The second kappa shape index (κ2) is 13.7. The van der Waals surface area contributed by atoms with E-state index in [2.05, 4.69) is 125 Å². The van der Waals surface area contributed by atoms with Gasteiger partial charge in [0, 0.05) is 0 Å². The number of hydrogen-bond donors (Lipinski definition) is 0. The third-order valence-corrected chi connectivity index (χ3v) is 20.5. The zero-order valence-electron chi connectivity index (χ0n) is 29.0. The molecule has 4 aromatic carbocycles. The van der Waals surface area contributed by atoms with Gasteiger partial charge in [0.2, 0.25) is 0 Å². The first kappa shape index (κ1) is 34.0. The molecule has 0 aliphatic heterocycles. The molecule has 4 heteroatoms. The first-order valence-corrected chi connectivity index (χ1v) is 24.7. The minimum atomic E-state index is -1.71. The summed E-state index contributed by atoms with van der Waals surface area (Å²) in [5, 5.41) is 0. The molecular weight excluding hydrogens is 719 g/mol. The molecule has 8 rings (SSSR count). The maximum atomic E-state index is 5.81. The Morgan fingerprint density at radius 1 is 0.604 bits per heavy atom. The van der Waals surface area contributed by atoms with E-state index < -0.39 is 29.9 Å². The number of allylic oxidation sites excluding steroid dienone is 8. The van der Waals surface area contributed by atoms with Crippen LogP contribution in [-0.4, -0.2) is 6.69 Å². The predicted molar refractivity (Wildman–Crippen MR) is 208 cm³/mol. The fourth-order valence-electron chi connectivity index (χ4n) is 8.05. The Balaban J connectivity index is 0.000000473. The van der Waals surface area contributed by atoms with Crippen LogP contribution >= 0.6 is 22.2 Å². The molecule has 2 unspecified atom stereocenters. The first-order chi connectivity index (χ1) is 23.1. The summed E-state index contributed by atoms with van der Waals surface area (Å²) in [5.74, 6) is 0. The van der Waals surface area contributed by atoms with E-state index in [1.165, 1.54) is 66.8 Å². The van der Waals surface area contributed by atoms with Crippen molar-refractivity contribution in [3.05, 3.63) is 153 Å². The van der Waals surface area contributed by atoms with Crippen molar-refractivity contribution >= 4 is 40.0 Å². The summed E-state index contributed by atoms with van der Waals surface area (Å²) in [7, 11) is 0. The number of benzene rings is 4. The number of halogens is 2. The molecule has 0 spiro atoms. The molecule has 4 aromatic rings. The topological polar surface area (TPSA) is 0 Å². The van der Waals surface area contributed by atoms with E-state index in [-0.39, 0.29) is 0 Å². The van der Waals surface area contributed by atoms with Crippen molar-refractivity contribution in [3.63, 3.8) is 0 Å². The molecular formula is C44H44Cl2SiZr. The molecule has 0 radical (unpaired) electrons. The van der Waals surface area contributed by atoms with Crippen LogP contribution in [-0.2, 0) is 23.2 Å². The van der Waals surface area contributed by atoms with Crippen LogP contribution in [0.3, 0.4) is 0 Å². The quantitative estimate of drug-likeness (QED) is 0.136. The van der Waals surface area contributed by atoms with Gasteiger partial charge in [-0.2, -0.15) is 0 Å². The van der Waals surface area contributed by atoms with Crippen molar-refractivity contribution in [2.24, 2.45) is 0 Å². The molecule has 0 saturated carbocycles. The van der Waals surface area contributed by atoms with Crippen LogP contribution in [0.25, 0.3) is 33.4 Å². The molecule has 242 valence electrons. The number of hydrogen-bond acceptors (Lipinski definition) is 0. The van der Waals surface area contributed by atoms with Gasteiger partial charge in [0.1, 0.15) is 0 Å². The second-order valence-electron chi connectivity index (χ2n) is 13.9. The zero-order chi connectivity index (χ0) is 33.7. The predicted octanol–water partition coefficient (Wildman–Crippen LogP) is 13.5. The van der Waals surface area contributed by atoms with Crippen LogP contribution in [0.2, 0.25) is 12.1 Å². The average Bonchev–Trinajstić information content (AvgIpc) is 3.89. The molecule has 48 heavy (non-hydrogen) atoms. The van der Waals surface area contributed by atoms with E-state index in [0.717, 1.165) is 24.9 Å². The van der Waals surface area contributed by atoms with Crippen LogP contribution in [0.4, 0.5) is 0 Å². The molecule has 0 aromatic heterocycles. The van der Waals surface area contributed by atoms with Crippen molar-refractivity contribution in [1.82, 2.24) is 0 Å². The van der Waals surface area contributed by atoms with Crippen molar-refractivity contribution < 1.29 is 23.2 Å². The molecule has 2 atom stereocenters. The molecule has 0 amide bonds. The second-order valence-corrected chi connectivity index (χ2v) is 25.6. The molecule has 4 aliphatic carbocycles. The summed E-state index contributed by atoms with van der Waals surface area (Å²) in [5.41, 5.74) is 24.0. The zero-order valence-corrected chi connectivity index (χ0v) is 33.9. The van der Waals surface area contributed by atoms with E-state index >= 15 is 0 Å². The van der Waals surface area contributed by atoms with Gasteiger partial charge >= 0.3 is 257 Å². The summed E-state index contributed by atoms with van der Waals surface area (Å²) in [6.45, 7) is 11.6. The number of rotatable bonds is 6. The van der Waals surface area contributed by atoms with Crippen LogP contribution in [0.5, 0.6) is 0 Å². The van der Waals surface area contributed by atoms with Gasteiger partial charge in [-0.05, 0) is 12.1 Å². The SMILES string of the molecule is CC[Si](Cl)(Cl)CC.Cc1ccc2c(c1)[CH]([Zr][CH]1c3cc(C)ccc3-c3ccc(C)c(C4=CC=CC4)c31)c1c-2ccc(C)c1C1=CC=CC1. The molecule has 0 heterocycles. The Labute approximate surface area is 309 Å². The summed E-state index contributed by atoms with van der Waals surface area (Å²) < 4.78 is 1.04. The Hall–Kier alpha value is -2.48. The third kappa shape index (κ3) is 6.11. The Morgan fingerprint density at radius 2 is 1.02 bits per heavy atom. The van der Waals surface area contributed by atoms with Gasteiger partial charge in [-0.25, -0.2) is 0 Å². The van der Waals surface area contributed by atoms with E-state index in [1.54, 1.807) is 22.3 Å². The van der Waals surface area contributed by atoms with Crippen LogP contribution in [0, 0.1) is 27.7 Å². The molecule has 0 fully saturated rings. The Bertz CT molecular complexity index is 1920. The summed E-state index contributed by atoms with van der Waals surface area (Å²) in [6, 6.07) is 26.0. The van der Waals surface area contributed by atoms with Crippen LogP contribution in [0.1, 0.15) is 89.6 Å². The fourth-order valence-corrected chi connectivity index (χ4v) is 13.7. The Kier molecular flexibility index (Phi) is 9.68. The van der Waals surface area contributed by atoms with Gasteiger partial charge in [0.05, 0.1) is 0 Å². The monoisotopic (exact) mass is 760 g/mol. The number of fused-ring (bicyclic) bond motifs is 6. The average molecular weight is 763 g/mol. The first-order valence-electron chi connectivity index (χ1n) is 17.5. The van der Waals surface area contributed by atoms with E-state index in [9.17, 15) is 0 Å². The van der Waals surface area contributed by atoms with E-state index in [1.807, 2.05) is 13.8 Å². The van der Waals surface area contributed by atoms with Crippen molar-refractivity contribution in [1.29, 1.82) is 0 Å². The van der Waals surface area contributed by atoms with Gasteiger partial charge in [-0.1, -0.05) is 13.8 Å². The van der Waals surface area contributed by atoms with Gasteiger partial charge in [0.15, 0.2) is 0 Å². The minimum absolute atomic E-state index is 0.522. The van der Waals surface area contributed by atoms with Crippen LogP contribution in [0.15, 0.2) is 97.1 Å². The summed E-state index contributed by atoms with van der Waals surface area (Å²) >= 11 is 10.5. The molecule has 0 bridgehead atoms. The molecule has 0 N–H and O–H groups in total. The maximum absolute atomic E-state index is 5.81. The van der Waals surface area contributed by atoms with Gasteiger partial charge in [-0.15, -0.1) is 22.2 Å². The molecule has 4 aliphatic rings. The standard InChI is InChI=1S/2C20H17.C4H10Cl2Si.Zr/c2*1-13-7-9-17-16(11-13)12-19-18(17)10-8-14(2)20(19)15-5-3-4-6-15;1-3-7(5,6)4-2;/h2*3-5,7-12H,6H2,1-2H3;3-4H2,1-2H3;. The van der Waals surface area contributed by atoms with Crippen molar-refractivity contribution in [2.75, 3.05) is 0 Å². The number of aryl methyl sites for hydroxylation is 4. The third-order valence-electron chi connectivity index (χ3n) is 10.7. The van der Waals surface area contributed by atoms with Crippen molar-refractivity contribution in [3.8, 4) is 22.3 Å². The van der Waals surface area contributed by atoms with E-state index in [4.69, 9.17) is 22.2 Å². The van der Waals surface area contributed by atoms with Gasteiger partial charge in [0.25, 0.3) is 6.69 Å². The Morgan fingerprint density at radius 3 is 1.38 bits per heavy atom.